The van der Waals surface area contributed by atoms with Crippen molar-refractivity contribution in [3.63, 3.8) is 0 Å². The van der Waals surface area contributed by atoms with Gasteiger partial charge in [0.1, 0.15) is 14.9 Å². The predicted octanol–water partition coefficient (Wildman–Crippen LogP) is 4.65. The summed E-state index contributed by atoms with van der Waals surface area (Å²) in [5.74, 6) is -0.510. The van der Waals surface area contributed by atoms with E-state index in [1.807, 2.05) is 18.7 Å². The lowest BCUT2D eigenvalue weighted by Gasteiger charge is -2.29. The monoisotopic (exact) mass is 374 g/mol. The van der Waals surface area contributed by atoms with E-state index in [4.69, 9.17) is 23.8 Å². The van der Waals surface area contributed by atoms with Crippen molar-refractivity contribution >= 4 is 46.1 Å². The average molecular weight is 375 g/mol. The van der Waals surface area contributed by atoms with Crippen molar-refractivity contribution in [2.45, 2.75) is 44.5 Å². The zero-order valence-electron chi connectivity index (χ0n) is 13.4. The van der Waals surface area contributed by atoms with Gasteiger partial charge in [-0.15, -0.1) is 0 Å². The first-order valence-electron chi connectivity index (χ1n) is 7.52. The van der Waals surface area contributed by atoms with E-state index in [9.17, 15) is 9.60 Å². The summed E-state index contributed by atoms with van der Waals surface area (Å²) in [6, 6.07) is 4.38. The molecule has 0 aliphatic carbocycles. The quantitative estimate of drug-likeness (QED) is 0.247. The van der Waals surface area contributed by atoms with Crippen molar-refractivity contribution < 1.29 is 9.13 Å². The van der Waals surface area contributed by atoms with Gasteiger partial charge in [0.25, 0.3) is 6.17 Å². The van der Waals surface area contributed by atoms with Gasteiger partial charge in [-0.3, -0.25) is 4.90 Å². The zero-order chi connectivity index (χ0) is 17.2. The first-order valence-corrected chi connectivity index (χ1v) is 9.12. The normalized spacial score (nSPS) is 21.1. The number of thioether (sulfide) groups is 1. The number of thiocarbonyl (C=S) groups is 1. The predicted molar refractivity (Wildman–Crippen MR) is 99.9 cm³/mol. The van der Waals surface area contributed by atoms with Gasteiger partial charge in [0.2, 0.25) is 0 Å². The molecule has 0 bridgehead atoms. The van der Waals surface area contributed by atoms with E-state index in [2.05, 4.69) is 6.92 Å². The summed E-state index contributed by atoms with van der Waals surface area (Å²) in [5.41, 5.74) is 0.109. The van der Waals surface area contributed by atoms with Crippen LogP contribution in [-0.2, 0) is 0 Å². The minimum Gasteiger partial charge on any atom is -0.622 e. The van der Waals surface area contributed by atoms with E-state index in [0.717, 1.165) is 17.6 Å². The van der Waals surface area contributed by atoms with Gasteiger partial charge in [0.15, 0.2) is 6.21 Å². The van der Waals surface area contributed by atoms with Crippen LogP contribution in [0.4, 0.5) is 4.39 Å². The van der Waals surface area contributed by atoms with Crippen molar-refractivity contribution in [3.05, 3.63) is 39.8 Å². The van der Waals surface area contributed by atoms with Gasteiger partial charge in [0.05, 0.1) is 10.6 Å². The molecule has 1 unspecified atom stereocenters. The van der Waals surface area contributed by atoms with Crippen LogP contribution in [-0.4, -0.2) is 37.6 Å². The maximum Gasteiger partial charge on any atom is 0.254 e. The molecule has 1 atom stereocenters. The lowest BCUT2D eigenvalue weighted by molar-refractivity contribution is -0.523. The van der Waals surface area contributed by atoms with E-state index in [0.29, 0.717) is 10.9 Å². The van der Waals surface area contributed by atoms with E-state index in [-0.39, 0.29) is 15.3 Å². The first-order chi connectivity index (χ1) is 10.8. The van der Waals surface area contributed by atoms with E-state index < -0.39 is 12.0 Å². The maximum atomic E-state index is 13.9. The summed E-state index contributed by atoms with van der Waals surface area (Å²) in [7, 11) is 0. The lowest BCUT2D eigenvalue weighted by atomic mass is 10.1. The molecule has 0 aromatic heterocycles. The molecule has 1 aromatic carbocycles. The molecule has 7 heteroatoms. The smallest absolute Gasteiger partial charge is 0.254 e. The Bertz CT molecular complexity index is 616. The van der Waals surface area contributed by atoms with Gasteiger partial charge in [-0.25, -0.2) is 4.39 Å². The Morgan fingerprint density at radius 3 is 2.83 bits per heavy atom. The Morgan fingerprint density at radius 1 is 1.52 bits per heavy atom. The number of halogens is 2. The highest BCUT2D eigenvalue weighted by molar-refractivity contribution is 8.24. The molecule has 0 saturated carbocycles. The highest BCUT2D eigenvalue weighted by atomic mass is 35.5. The first kappa shape index (κ1) is 18.5. The number of hydroxylamine groups is 1. The van der Waals surface area contributed by atoms with Gasteiger partial charge in [-0.2, -0.15) is 4.74 Å². The van der Waals surface area contributed by atoms with Crippen LogP contribution >= 0.6 is 35.6 Å². The number of hydrogen-bond donors (Lipinski definition) is 0. The van der Waals surface area contributed by atoms with Crippen molar-refractivity contribution in [3.8, 4) is 0 Å². The minimum absolute atomic E-state index is 0.109. The standard InChI is InChI=1S/C16H20ClFN2OS2/c1-4-5-9-19-14(16(2,3)23-15(19)22)20(21)10-11-12(17)7-6-8-13(11)18/h6-8,10,14H,4-5,9H2,1-3H3. The molecule has 23 heavy (non-hydrogen) atoms. The molecule has 0 N–H and O–H groups in total. The fourth-order valence-corrected chi connectivity index (χ4v) is 4.77. The SMILES string of the molecule is CCCCN1C(=S)SC(C)(C)C1[N+]([O-])=Cc1c(F)cccc1Cl. The van der Waals surface area contributed by atoms with Crippen LogP contribution in [0.1, 0.15) is 39.2 Å². The van der Waals surface area contributed by atoms with Crippen LogP contribution in [0.5, 0.6) is 0 Å². The number of hydrogen-bond acceptors (Lipinski definition) is 3. The van der Waals surface area contributed by atoms with E-state index in [1.54, 1.807) is 6.07 Å². The maximum absolute atomic E-state index is 13.9. The van der Waals surface area contributed by atoms with Crippen LogP contribution in [0.15, 0.2) is 18.2 Å². The number of nitrogens with zero attached hydrogens (tertiary/aromatic N) is 2. The number of benzene rings is 1. The van der Waals surface area contributed by atoms with Crippen LogP contribution in [0.25, 0.3) is 0 Å². The Morgan fingerprint density at radius 2 is 2.22 bits per heavy atom. The van der Waals surface area contributed by atoms with Crippen molar-refractivity contribution in [1.82, 2.24) is 4.90 Å². The molecular formula is C16H20ClFN2OS2. The zero-order valence-corrected chi connectivity index (χ0v) is 15.8. The van der Waals surface area contributed by atoms with E-state index >= 15 is 0 Å². The third-order valence-corrected chi connectivity index (χ3v) is 5.71. The molecule has 1 heterocycles. The Labute approximate surface area is 151 Å². The third-order valence-electron chi connectivity index (χ3n) is 3.75. The molecule has 0 radical (unpaired) electrons. The molecule has 1 aliphatic heterocycles. The highest BCUT2D eigenvalue weighted by Crippen LogP contribution is 2.41. The third kappa shape index (κ3) is 3.98. The van der Waals surface area contributed by atoms with Crippen molar-refractivity contribution in [1.29, 1.82) is 0 Å². The lowest BCUT2D eigenvalue weighted by Crippen LogP contribution is -2.48. The van der Waals surface area contributed by atoms with Gasteiger partial charge >= 0.3 is 0 Å². The van der Waals surface area contributed by atoms with E-state index in [1.165, 1.54) is 30.1 Å². The molecular weight excluding hydrogens is 355 g/mol. The Hall–Kier alpha value is -0.850. The summed E-state index contributed by atoms with van der Waals surface area (Å²) in [6.45, 7) is 6.76. The second kappa shape index (κ2) is 7.36. The molecule has 0 spiro atoms. The van der Waals surface area contributed by atoms with Crippen molar-refractivity contribution in [2.75, 3.05) is 6.54 Å². The van der Waals surface area contributed by atoms with Gasteiger partial charge in [-0.1, -0.05) is 55.0 Å². The summed E-state index contributed by atoms with van der Waals surface area (Å²) < 4.78 is 15.0. The van der Waals surface area contributed by atoms with Crippen LogP contribution < -0.4 is 0 Å². The van der Waals surface area contributed by atoms with Gasteiger partial charge in [-0.05, 0) is 32.4 Å². The summed E-state index contributed by atoms with van der Waals surface area (Å²) in [4.78, 5) is 1.93. The molecule has 1 fully saturated rings. The van der Waals surface area contributed by atoms with Gasteiger partial charge in [0, 0.05) is 6.54 Å². The largest absolute Gasteiger partial charge is 0.622 e. The number of unbranched alkanes of at least 4 members (excludes halogenated alkanes) is 1. The topological polar surface area (TPSA) is 29.3 Å². The minimum atomic E-state index is -0.510. The fraction of sp³-hybridized carbons (Fsp3) is 0.500. The fourth-order valence-electron chi connectivity index (χ4n) is 2.63. The average Bonchev–Trinajstić information content (AvgIpc) is 2.69. The summed E-state index contributed by atoms with van der Waals surface area (Å²) >= 11 is 12.9. The molecule has 1 aromatic rings. The molecule has 3 nitrogen and oxygen atoms in total. The second-order valence-electron chi connectivity index (χ2n) is 6.02. The molecule has 1 saturated heterocycles. The summed E-state index contributed by atoms with van der Waals surface area (Å²) in [6.07, 6.45) is 2.71. The molecule has 1 aliphatic rings. The van der Waals surface area contributed by atoms with Crippen LogP contribution in [0.2, 0.25) is 5.02 Å². The summed E-state index contributed by atoms with van der Waals surface area (Å²) in [5, 5.41) is 13.0. The molecule has 0 amide bonds. The van der Waals surface area contributed by atoms with Crippen molar-refractivity contribution in [2.24, 2.45) is 0 Å². The van der Waals surface area contributed by atoms with Crippen LogP contribution in [0, 0.1) is 11.0 Å². The van der Waals surface area contributed by atoms with Gasteiger partial charge < -0.3 is 5.21 Å². The second-order valence-corrected chi connectivity index (χ2v) is 8.71. The molecule has 126 valence electrons. The Balaban J connectivity index is 2.39. The Kier molecular flexibility index (Phi) is 5.92. The highest BCUT2D eigenvalue weighted by Gasteiger charge is 2.50. The molecule has 2 rings (SSSR count). The van der Waals surface area contributed by atoms with Crippen LogP contribution in [0.3, 0.4) is 0 Å². The number of rotatable bonds is 5.